The van der Waals surface area contributed by atoms with E-state index in [2.05, 4.69) is 5.32 Å². The fraction of sp³-hybridized carbons (Fsp3) is 0.867. The number of ketones is 1. The molecule has 2 fully saturated rings. The number of nitrogens with one attached hydrogen (secondary N) is 1. The van der Waals surface area contributed by atoms with Crippen LogP contribution in [0.3, 0.4) is 0 Å². The molecule has 0 bridgehead atoms. The molecule has 5 nitrogen and oxygen atoms in total. The van der Waals surface area contributed by atoms with Crippen molar-refractivity contribution in [3.8, 4) is 0 Å². The van der Waals surface area contributed by atoms with Crippen LogP contribution in [0.5, 0.6) is 0 Å². The summed E-state index contributed by atoms with van der Waals surface area (Å²) < 4.78 is 5.46. The molecular weight excluding hydrogens is 256 g/mol. The SMILES string of the molecule is CC(=O)[C@H](CC1CCCCC1)OC(=O)N1CCNCC1. The van der Waals surface area contributed by atoms with Gasteiger partial charge in [0.2, 0.25) is 0 Å². The molecule has 20 heavy (non-hydrogen) atoms. The Labute approximate surface area is 121 Å². The third kappa shape index (κ3) is 4.47. The molecule has 114 valence electrons. The van der Waals surface area contributed by atoms with Crippen molar-refractivity contribution in [1.29, 1.82) is 0 Å². The topological polar surface area (TPSA) is 58.6 Å². The van der Waals surface area contributed by atoms with E-state index < -0.39 is 6.10 Å². The van der Waals surface area contributed by atoms with Crippen molar-refractivity contribution in [3.63, 3.8) is 0 Å². The van der Waals surface area contributed by atoms with Crippen molar-refractivity contribution in [3.05, 3.63) is 0 Å². The molecule has 2 aliphatic rings. The maximum absolute atomic E-state index is 12.1. The molecule has 1 saturated heterocycles. The Kier molecular flexibility index (Phi) is 5.83. The molecule has 2 rings (SSSR count). The third-order valence-electron chi connectivity index (χ3n) is 4.34. The molecule has 1 aliphatic carbocycles. The van der Waals surface area contributed by atoms with Gasteiger partial charge in [0, 0.05) is 26.2 Å². The molecule has 0 radical (unpaired) electrons. The van der Waals surface area contributed by atoms with Crippen LogP contribution in [-0.2, 0) is 9.53 Å². The van der Waals surface area contributed by atoms with Crippen LogP contribution in [0.4, 0.5) is 4.79 Å². The molecule has 0 spiro atoms. The minimum atomic E-state index is -0.555. The highest BCUT2D eigenvalue weighted by Crippen LogP contribution is 2.28. The number of amides is 1. The van der Waals surface area contributed by atoms with Gasteiger partial charge in [-0.05, 0) is 19.3 Å². The first-order valence-electron chi connectivity index (χ1n) is 7.83. The lowest BCUT2D eigenvalue weighted by molar-refractivity contribution is -0.126. The van der Waals surface area contributed by atoms with Crippen molar-refractivity contribution >= 4 is 11.9 Å². The molecule has 1 saturated carbocycles. The van der Waals surface area contributed by atoms with Gasteiger partial charge in [0.1, 0.15) is 0 Å². The second-order valence-electron chi connectivity index (χ2n) is 5.96. The lowest BCUT2D eigenvalue weighted by atomic mass is 9.85. The summed E-state index contributed by atoms with van der Waals surface area (Å²) in [6, 6.07) is 0. The highest BCUT2D eigenvalue weighted by atomic mass is 16.6. The number of rotatable bonds is 4. The largest absolute Gasteiger partial charge is 0.438 e. The third-order valence-corrected chi connectivity index (χ3v) is 4.34. The van der Waals surface area contributed by atoms with Crippen LogP contribution in [0, 0.1) is 5.92 Å². The highest BCUT2D eigenvalue weighted by molar-refractivity contribution is 5.83. The van der Waals surface area contributed by atoms with E-state index in [-0.39, 0.29) is 11.9 Å². The summed E-state index contributed by atoms with van der Waals surface area (Å²) in [5.74, 6) is 0.507. The first kappa shape index (κ1) is 15.3. The molecule has 1 aliphatic heterocycles. The normalized spacial score (nSPS) is 22.4. The van der Waals surface area contributed by atoms with Crippen molar-refractivity contribution in [2.75, 3.05) is 26.2 Å². The van der Waals surface area contributed by atoms with Gasteiger partial charge in [-0.25, -0.2) is 4.79 Å². The number of ether oxygens (including phenoxy) is 1. The predicted octanol–water partition coefficient (Wildman–Crippen LogP) is 1.96. The molecular formula is C15H26N2O3. The molecule has 5 heteroatoms. The van der Waals surface area contributed by atoms with Gasteiger partial charge in [-0.15, -0.1) is 0 Å². The van der Waals surface area contributed by atoms with Crippen LogP contribution in [0.1, 0.15) is 45.4 Å². The summed E-state index contributed by atoms with van der Waals surface area (Å²) in [6.45, 7) is 4.43. The summed E-state index contributed by atoms with van der Waals surface area (Å²) >= 11 is 0. The van der Waals surface area contributed by atoms with E-state index in [1.165, 1.54) is 26.2 Å². The number of carbonyl (C=O) groups excluding carboxylic acids is 2. The first-order valence-corrected chi connectivity index (χ1v) is 7.83. The van der Waals surface area contributed by atoms with Crippen molar-refractivity contribution in [2.24, 2.45) is 5.92 Å². The van der Waals surface area contributed by atoms with Gasteiger partial charge in [0.15, 0.2) is 11.9 Å². The Hall–Kier alpha value is -1.10. The summed E-state index contributed by atoms with van der Waals surface area (Å²) in [7, 11) is 0. The number of hydrogen-bond donors (Lipinski definition) is 1. The lowest BCUT2D eigenvalue weighted by Gasteiger charge is -2.30. The van der Waals surface area contributed by atoms with Crippen LogP contribution < -0.4 is 5.32 Å². The minimum absolute atomic E-state index is 0.0287. The van der Waals surface area contributed by atoms with E-state index in [1.54, 1.807) is 4.90 Å². The standard InChI is InChI=1S/C15H26N2O3/c1-12(18)14(11-13-5-3-2-4-6-13)20-15(19)17-9-7-16-8-10-17/h13-14,16H,2-11H2,1H3/t14-/m0/s1. The number of piperazine rings is 1. The smallest absolute Gasteiger partial charge is 0.410 e. The first-order chi connectivity index (χ1) is 9.66. The highest BCUT2D eigenvalue weighted by Gasteiger charge is 2.27. The molecule has 1 atom stereocenters. The maximum atomic E-state index is 12.1. The number of carbonyl (C=O) groups is 2. The molecule has 0 unspecified atom stereocenters. The summed E-state index contributed by atoms with van der Waals surface area (Å²) in [4.78, 5) is 25.5. The van der Waals surface area contributed by atoms with Crippen LogP contribution >= 0.6 is 0 Å². The fourth-order valence-electron chi connectivity index (χ4n) is 3.07. The zero-order valence-electron chi connectivity index (χ0n) is 12.4. The molecule has 1 N–H and O–H groups in total. The predicted molar refractivity (Wildman–Crippen MR) is 76.6 cm³/mol. The van der Waals surface area contributed by atoms with E-state index in [0.29, 0.717) is 25.4 Å². The van der Waals surface area contributed by atoms with Crippen LogP contribution in [0.25, 0.3) is 0 Å². The zero-order chi connectivity index (χ0) is 14.4. The number of nitrogens with zero attached hydrogens (tertiary/aromatic N) is 1. The lowest BCUT2D eigenvalue weighted by Crippen LogP contribution is -2.48. The number of hydrogen-bond acceptors (Lipinski definition) is 4. The average molecular weight is 282 g/mol. The van der Waals surface area contributed by atoms with Gasteiger partial charge in [0.05, 0.1) is 0 Å². The molecule has 0 aromatic heterocycles. The summed E-state index contributed by atoms with van der Waals surface area (Å²) in [5, 5.41) is 3.19. The Morgan fingerprint density at radius 3 is 2.45 bits per heavy atom. The maximum Gasteiger partial charge on any atom is 0.410 e. The fourth-order valence-corrected chi connectivity index (χ4v) is 3.07. The Morgan fingerprint density at radius 2 is 1.85 bits per heavy atom. The molecule has 0 aromatic carbocycles. The second kappa shape index (κ2) is 7.62. The van der Waals surface area contributed by atoms with E-state index in [1.807, 2.05) is 0 Å². The molecule has 1 amide bonds. The van der Waals surface area contributed by atoms with Crippen molar-refractivity contribution in [1.82, 2.24) is 10.2 Å². The van der Waals surface area contributed by atoms with Gasteiger partial charge < -0.3 is 15.0 Å². The van der Waals surface area contributed by atoms with Crippen LogP contribution in [-0.4, -0.2) is 49.1 Å². The summed E-state index contributed by atoms with van der Waals surface area (Å²) in [6.07, 6.45) is 5.91. The average Bonchev–Trinajstić information content (AvgIpc) is 2.48. The van der Waals surface area contributed by atoms with Gasteiger partial charge >= 0.3 is 6.09 Å². The zero-order valence-corrected chi connectivity index (χ0v) is 12.4. The molecule has 1 heterocycles. The summed E-state index contributed by atoms with van der Waals surface area (Å²) in [5.41, 5.74) is 0. The Balaban J connectivity index is 1.84. The molecule has 0 aromatic rings. The van der Waals surface area contributed by atoms with Crippen molar-refractivity contribution < 1.29 is 14.3 Å². The van der Waals surface area contributed by atoms with Gasteiger partial charge in [0.25, 0.3) is 0 Å². The van der Waals surface area contributed by atoms with Crippen LogP contribution in [0.15, 0.2) is 0 Å². The van der Waals surface area contributed by atoms with E-state index in [0.717, 1.165) is 25.9 Å². The van der Waals surface area contributed by atoms with Gasteiger partial charge in [-0.3, -0.25) is 4.79 Å². The van der Waals surface area contributed by atoms with Crippen molar-refractivity contribution in [2.45, 2.75) is 51.6 Å². The monoisotopic (exact) mass is 282 g/mol. The van der Waals surface area contributed by atoms with Gasteiger partial charge in [-0.2, -0.15) is 0 Å². The quantitative estimate of drug-likeness (QED) is 0.856. The Morgan fingerprint density at radius 1 is 1.20 bits per heavy atom. The van der Waals surface area contributed by atoms with E-state index in [4.69, 9.17) is 4.74 Å². The number of Topliss-reactive ketones (excluding diaryl/α,β-unsaturated/α-hetero) is 1. The van der Waals surface area contributed by atoms with E-state index in [9.17, 15) is 9.59 Å². The second-order valence-corrected chi connectivity index (χ2v) is 5.96. The Bertz CT molecular complexity index is 334. The van der Waals surface area contributed by atoms with Crippen LogP contribution in [0.2, 0.25) is 0 Å². The van der Waals surface area contributed by atoms with E-state index >= 15 is 0 Å². The minimum Gasteiger partial charge on any atom is -0.438 e. The van der Waals surface area contributed by atoms with Gasteiger partial charge in [-0.1, -0.05) is 32.1 Å².